The number of allylic oxidation sites excluding steroid dienone is 2. The topological polar surface area (TPSA) is 93.9 Å². The normalized spacial score (nSPS) is 29.8. The monoisotopic (exact) mass is 495 g/mol. The van der Waals surface area contributed by atoms with Crippen LogP contribution >= 0.6 is 0 Å². The highest BCUT2D eigenvalue weighted by Gasteiger charge is 2.68. The molecule has 7 atom stereocenters. The summed E-state index contributed by atoms with van der Waals surface area (Å²) in [5, 5.41) is 0.732. The second kappa shape index (κ2) is 8.00. The van der Waals surface area contributed by atoms with E-state index in [4.69, 9.17) is 9.15 Å². The minimum Gasteiger partial charge on any atom is -0.425 e. The van der Waals surface area contributed by atoms with E-state index < -0.39 is 29.5 Å². The third-order valence-corrected chi connectivity index (χ3v) is 8.69. The Morgan fingerprint density at radius 3 is 2.32 bits per heavy atom. The molecule has 186 valence electrons. The maximum Gasteiger partial charge on any atom is 0.336 e. The first-order chi connectivity index (χ1) is 17.9. The van der Waals surface area contributed by atoms with Crippen LogP contribution < -0.4 is 10.4 Å². The fourth-order valence-electron chi connectivity index (χ4n) is 6.97. The van der Waals surface area contributed by atoms with Gasteiger partial charge in [-0.25, -0.2) is 9.59 Å². The summed E-state index contributed by atoms with van der Waals surface area (Å²) in [6.07, 6.45) is 5.46. The minimum absolute atomic E-state index is 0.0703. The molecule has 1 saturated heterocycles. The maximum absolute atomic E-state index is 13.8. The van der Waals surface area contributed by atoms with Gasteiger partial charge in [-0.3, -0.25) is 14.5 Å². The average Bonchev–Trinajstić information content (AvgIpc) is 3.66. The van der Waals surface area contributed by atoms with Gasteiger partial charge in [-0.2, -0.15) is 0 Å². The molecule has 0 spiro atoms. The zero-order valence-corrected chi connectivity index (χ0v) is 20.2. The number of hydrogen-bond acceptors (Lipinski definition) is 6. The number of carbonyl (C=O) groups excluding carboxylic acids is 3. The predicted octanol–water partition coefficient (Wildman–Crippen LogP) is 3.67. The lowest BCUT2D eigenvalue weighted by molar-refractivity contribution is -0.153. The van der Waals surface area contributed by atoms with E-state index >= 15 is 0 Å². The number of hydrogen-bond donors (Lipinski definition) is 0. The minimum atomic E-state index is -1.09. The van der Waals surface area contributed by atoms with Crippen molar-refractivity contribution in [3.8, 4) is 5.75 Å². The molecule has 2 heterocycles. The summed E-state index contributed by atoms with van der Waals surface area (Å²) in [6.45, 7) is 1.83. The molecule has 5 aliphatic rings. The number of rotatable bonds is 5. The molecule has 37 heavy (non-hydrogen) atoms. The largest absolute Gasteiger partial charge is 0.425 e. The second-order valence-electron chi connectivity index (χ2n) is 10.7. The van der Waals surface area contributed by atoms with E-state index in [1.165, 1.54) is 17.0 Å². The second-order valence-corrected chi connectivity index (χ2v) is 10.7. The fourth-order valence-corrected chi connectivity index (χ4v) is 6.97. The smallest absolute Gasteiger partial charge is 0.336 e. The van der Waals surface area contributed by atoms with Gasteiger partial charge in [-0.15, -0.1) is 0 Å². The number of likely N-dealkylation sites (tertiary alicyclic amines) is 1. The van der Waals surface area contributed by atoms with Crippen LogP contribution in [0.25, 0.3) is 11.0 Å². The summed E-state index contributed by atoms with van der Waals surface area (Å²) in [6, 6.07) is 14.4. The van der Waals surface area contributed by atoms with Gasteiger partial charge in [0.2, 0.25) is 11.8 Å². The molecule has 0 N–H and O–H groups in total. The highest BCUT2D eigenvalue weighted by atomic mass is 16.5. The van der Waals surface area contributed by atoms with Crippen LogP contribution in [0.15, 0.2) is 76.0 Å². The van der Waals surface area contributed by atoms with E-state index in [0.29, 0.717) is 17.4 Å². The molecule has 2 bridgehead atoms. The van der Waals surface area contributed by atoms with Crippen LogP contribution in [0, 0.1) is 42.4 Å². The summed E-state index contributed by atoms with van der Waals surface area (Å²) in [4.78, 5) is 54.2. The number of nitrogens with zero attached hydrogens (tertiary/aromatic N) is 1. The lowest BCUT2D eigenvalue weighted by Crippen LogP contribution is -2.48. The van der Waals surface area contributed by atoms with Gasteiger partial charge >= 0.3 is 11.6 Å². The van der Waals surface area contributed by atoms with Crippen LogP contribution in [0.1, 0.15) is 17.5 Å². The SMILES string of the molecule is Cc1cc(OC(=O)C(Cc2ccccc2)N2C(=O)C3C4C=CC(C5CC45)C3C2=O)cc2oc(=O)ccc12. The number of imide groups is 1. The number of amides is 2. The molecule has 1 aromatic heterocycles. The highest BCUT2D eigenvalue weighted by Crippen LogP contribution is 2.65. The Hall–Kier alpha value is -4.00. The number of carbonyl (C=O) groups is 3. The highest BCUT2D eigenvalue weighted by molar-refractivity contribution is 6.09. The van der Waals surface area contributed by atoms with E-state index in [9.17, 15) is 19.2 Å². The van der Waals surface area contributed by atoms with Gasteiger partial charge in [0.25, 0.3) is 0 Å². The number of benzene rings is 2. The molecule has 0 radical (unpaired) electrons. The first kappa shape index (κ1) is 22.2. The standard InChI is InChI=1S/C30H25NO6/c1-15-11-17(13-24-18(15)9-10-25(32)37-24)36-30(35)23(12-16-5-3-2-4-6-16)31-28(33)26-19-7-8-20(22-14-21(19)22)27(26)29(31)34/h2-11,13,19-23,26-27H,12,14H2,1H3. The first-order valence-electron chi connectivity index (χ1n) is 12.8. The summed E-state index contributed by atoms with van der Waals surface area (Å²) in [5.74, 6) is -0.721. The Bertz CT molecular complexity index is 1520. The Morgan fingerprint density at radius 2 is 1.65 bits per heavy atom. The lowest BCUT2D eigenvalue weighted by atomic mass is 9.63. The molecule has 2 amide bonds. The number of ether oxygens (including phenoxy) is 1. The Kier molecular flexibility index (Phi) is 4.80. The van der Waals surface area contributed by atoms with Gasteiger partial charge in [0.05, 0.1) is 11.8 Å². The van der Waals surface area contributed by atoms with Crippen molar-refractivity contribution < 1.29 is 23.5 Å². The molecule has 8 rings (SSSR count). The van der Waals surface area contributed by atoms with Crippen molar-refractivity contribution in [2.75, 3.05) is 0 Å². The van der Waals surface area contributed by atoms with Crippen molar-refractivity contribution in [2.24, 2.45) is 35.5 Å². The third-order valence-electron chi connectivity index (χ3n) is 8.69. The van der Waals surface area contributed by atoms with Crippen molar-refractivity contribution in [3.05, 3.63) is 88.3 Å². The van der Waals surface area contributed by atoms with E-state index in [2.05, 4.69) is 12.2 Å². The molecule has 3 aromatic rings. The molecule has 2 aromatic carbocycles. The average molecular weight is 496 g/mol. The molecule has 7 nitrogen and oxygen atoms in total. The fraction of sp³-hybridized carbons (Fsp3) is 0.333. The molecule has 1 aliphatic heterocycles. The van der Waals surface area contributed by atoms with Gasteiger partial charge in [0, 0.05) is 23.9 Å². The number of aryl methyl sites for hydroxylation is 1. The van der Waals surface area contributed by atoms with E-state index in [0.717, 1.165) is 22.9 Å². The predicted molar refractivity (Wildman–Crippen MR) is 133 cm³/mol. The first-order valence-corrected chi connectivity index (χ1v) is 12.8. The van der Waals surface area contributed by atoms with E-state index in [-0.39, 0.29) is 35.8 Å². The van der Waals surface area contributed by atoms with E-state index in [1.807, 2.05) is 37.3 Å². The summed E-state index contributed by atoms with van der Waals surface area (Å²) < 4.78 is 11.1. The Balaban J connectivity index is 1.24. The molecule has 7 unspecified atom stereocenters. The van der Waals surface area contributed by atoms with Crippen molar-refractivity contribution in [2.45, 2.75) is 25.8 Å². The third kappa shape index (κ3) is 3.40. The van der Waals surface area contributed by atoms with Gasteiger partial charge in [-0.1, -0.05) is 42.5 Å². The maximum atomic E-state index is 13.8. The molecule has 2 saturated carbocycles. The van der Waals surface area contributed by atoms with Crippen LogP contribution in [0.3, 0.4) is 0 Å². The van der Waals surface area contributed by atoms with Crippen molar-refractivity contribution >= 4 is 28.8 Å². The van der Waals surface area contributed by atoms with Crippen molar-refractivity contribution in [1.29, 1.82) is 0 Å². The Morgan fingerprint density at radius 1 is 0.973 bits per heavy atom. The van der Waals surface area contributed by atoms with Crippen LogP contribution in [0.2, 0.25) is 0 Å². The number of esters is 1. The summed E-state index contributed by atoms with van der Waals surface area (Å²) in [5.41, 5.74) is 1.39. The van der Waals surface area contributed by atoms with Gasteiger partial charge in [0.15, 0.2) is 0 Å². The molecular formula is C30H25NO6. The quantitative estimate of drug-likeness (QED) is 0.176. The molecule has 4 aliphatic carbocycles. The lowest BCUT2D eigenvalue weighted by Gasteiger charge is -2.37. The van der Waals surface area contributed by atoms with Crippen LogP contribution in [0.4, 0.5) is 0 Å². The zero-order chi connectivity index (χ0) is 25.4. The van der Waals surface area contributed by atoms with Crippen LogP contribution in [0.5, 0.6) is 5.75 Å². The zero-order valence-electron chi connectivity index (χ0n) is 20.2. The number of fused-ring (bicyclic) bond motifs is 1. The molecule has 3 fully saturated rings. The van der Waals surface area contributed by atoms with Crippen molar-refractivity contribution in [1.82, 2.24) is 4.90 Å². The van der Waals surface area contributed by atoms with Crippen molar-refractivity contribution in [3.63, 3.8) is 0 Å². The Labute approximate surface area is 212 Å². The van der Waals surface area contributed by atoms with Gasteiger partial charge in [0.1, 0.15) is 17.4 Å². The van der Waals surface area contributed by atoms with Gasteiger partial charge < -0.3 is 9.15 Å². The van der Waals surface area contributed by atoms with Crippen LogP contribution in [-0.2, 0) is 20.8 Å². The summed E-state index contributed by atoms with van der Waals surface area (Å²) >= 11 is 0. The summed E-state index contributed by atoms with van der Waals surface area (Å²) in [7, 11) is 0. The molecular weight excluding hydrogens is 470 g/mol. The molecule has 7 heteroatoms. The van der Waals surface area contributed by atoms with E-state index in [1.54, 1.807) is 12.1 Å². The van der Waals surface area contributed by atoms with Gasteiger partial charge in [-0.05, 0) is 60.3 Å². The van der Waals surface area contributed by atoms with Crippen LogP contribution in [-0.4, -0.2) is 28.7 Å².